The molecular formula is C23H26N4O2S. The molecule has 1 atom stereocenters. The van der Waals surface area contributed by atoms with Crippen LogP contribution >= 0.6 is 11.8 Å². The lowest BCUT2D eigenvalue weighted by molar-refractivity contribution is -0.119. The second kappa shape index (κ2) is 9.71. The average molecular weight is 423 g/mol. The number of rotatable bonds is 8. The number of ketones is 1. The standard InChI is InChI=1S/C23H26N4O2S/c1-5-27-22(20-9-7-6-8-15(20)2)25-26-23(27)30-14-21(29)19-12-10-18(11-13-19)16(3)24-17(4)28/h6-13,16H,5,14H2,1-4H3,(H,24,28)/t16-/m1/s1. The topological polar surface area (TPSA) is 76.9 Å². The van der Waals surface area contributed by atoms with Gasteiger partial charge >= 0.3 is 0 Å². The van der Waals surface area contributed by atoms with Crippen molar-refractivity contribution < 1.29 is 9.59 Å². The number of hydrogen-bond donors (Lipinski definition) is 1. The number of thioether (sulfide) groups is 1. The number of aromatic nitrogens is 3. The van der Waals surface area contributed by atoms with Crippen molar-refractivity contribution in [2.75, 3.05) is 5.75 Å². The highest BCUT2D eigenvalue weighted by Crippen LogP contribution is 2.26. The molecule has 1 amide bonds. The van der Waals surface area contributed by atoms with E-state index in [1.807, 2.05) is 48.7 Å². The van der Waals surface area contributed by atoms with E-state index in [2.05, 4.69) is 28.5 Å². The maximum atomic E-state index is 12.7. The molecule has 1 aromatic heterocycles. The largest absolute Gasteiger partial charge is 0.350 e. The number of carbonyl (C=O) groups is 2. The summed E-state index contributed by atoms with van der Waals surface area (Å²) < 4.78 is 2.04. The van der Waals surface area contributed by atoms with Crippen LogP contribution in [0, 0.1) is 6.92 Å². The molecule has 0 aliphatic rings. The molecule has 3 aromatic rings. The Balaban J connectivity index is 1.69. The van der Waals surface area contributed by atoms with Crippen molar-refractivity contribution in [3.8, 4) is 11.4 Å². The van der Waals surface area contributed by atoms with Crippen molar-refractivity contribution in [3.63, 3.8) is 0 Å². The maximum Gasteiger partial charge on any atom is 0.217 e. The fourth-order valence-electron chi connectivity index (χ4n) is 3.26. The molecule has 0 saturated carbocycles. The highest BCUT2D eigenvalue weighted by Gasteiger charge is 2.16. The number of carbonyl (C=O) groups excluding carboxylic acids is 2. The van der Waals surface area contributed by atoms with E-state index in [4.69, 9.17) is 0 Å². The lowest BCUT2D eigenvalue weighted by Gasteiger charge is -2.13. The zero-order valence-corrected chi connectivity index (χ0v) is 18.5. The quantitative estimate of drug-likeness (QED) is 0.429. The first-order valence-corrected chi connectivity index (χ1v) is 10.9. The van der Waals surface area contributed by atoms with Crippen LogP contribution in [0.25, 0.3) is 11.4 Å². The number of benzene rings is 2. The van der Waals surface area contributed by atoms with Crippen molar-refractivity contribution in [2.45, 2.75) is 45.4 Å². The van der Waals surface area contributed by atoms with Gasteiger partial charge in [-0.25, -0.2) is 0 Å². The molecule has 0 aliphatic carbocycles. The summed E-state index contributed by atoms with van der Waals surface area (Å²) in [5, 5.41) is 12.3. The van der Waals surface area contributed by atoms with E-state index in [9.17, 15) is 9.59 Å². The highest BCUT2D eigenvalue weighted by atomic mass is 32.2. The minimum Gasteiger partial charge on any atom is -0.350 e. The normalized spacial score (nSPS) is 11.9. The third kappa shape index (κ3) is 4.97. The molecule has 2 aromatic carbocycles. The van der Waals surface area contributed by atoms with Crippen LogP contribution in [0.15, 0.2) is 53.7 Å². The molecule has 156 valence electrons. The fraction of sp³-hybridized carbons (Fsp3) is 0.304. The Hall–Kier alpha value is -2.93. The molecule has 7 heteroatoms. The number of nitrogens with one attached hydrogen (secondary N) is 1. The molecule has 3 rings (SSSR count). The van der Waals surface area contributed by atoms with Gasteiger partial charge in [-0.15, -0.1) is 10.2 Å². The Morgan fingerprint density at radius 2 is 1.80 bits per heavy atom. The average Bonchev–Trinajstić information content (AvgIpc) is 3.14. The molecule has 0 bridgehead atoms. The van der Waals surface area contributed by atoms with E-state index in [0.717, 1.165) is 34.2 Å². The first-order chi connectivity index (χ1) is 14.4. The van der Waals surface area contributed by atoms with Crippen LogP contribution in [0.3, 0.4) is 0 Å². The molecule has 0 fully saturated rings. The van der Waals surface area contributed by atoms with Crippen LogP contribution in [-0.4, -0.2) is 32.2 Å². The summed E-state index contributed by atoms with van der Waals surface area (Å²) in [5.74, 6) is 1.06. The second-order valence-corrected chi connectivity index (χ2v) is 8.06. The van der Waals surface area contributed by atoms with E-state index >= 15 is 0 Å². The SMILES string of the molecule is CCn1c(SCC(=O)c2ccc([C@@H](C)NC(C)=O)cc2)nnc1-c1ccccc1C. The Labute approximate surface area is 181 Å². The van der Waals surface area contributed by atoms with Gasteiger partial charge in [-0.2, -0.15) is 0 Å². The van der Waals surface area contributed by atoms with Gasteiger partial charge in [0.2, 0.25) is 5.91 Å². The molecule has 0 radical (unpaired) electrons. The molecule has 6 nitrogen and oxygen atoms in total. The Bertz CT molecular complexity index is 1040. The van der Waals surface area contributed by atoms with Gasteiger partial charge in [0.05, 0.1) is 11.8 Å². The van der Waals surface area contributed by atoms with E-state index in [0.29, 0.717) is 5.56 Å². The predicted molar refractivity (Wildman–Crippen MR) is 120 cm³/mol. The number of Topliss-reactive ketones (excluding diaryl/α,β-unsaturated/α-hetero) is 1. The van der Waals surface area contributed by atoms with Crippen LogP contribution in [-0.2, 0) is 11.3 Å². The molecule has 0 spiro atoms. The Morgan fingerprint density at radius 3 is 2.43 bits per heavy atom. The van der Waals surface area contributed by atoms with Gasteiger partial charge in [-0.05, 0) is 31.9 Å². The van der Waals surface area contributed by atoms with Crippen molar-refractivity contribution >= 4 is 23.5 Å². The van der Waals surface area contributed by atoms with Gasteiger partial charge < -0.3 is 9.88 Å². The van der Waals surface area contributed by atoms with E-state index in [-0.39, 0.29) is 23.5 Å². The lowest BCUT2D eigenvalue weighted by Crippen LogP contribution is -2.23. The zero-order valence-electron chi connectivity index (χ0n) is 17.7. The molecular weight excluding hydrogens is 396 g/mol. The summed E-state index contributed by atoms with van der Waals surface area (Å²) in [4.78, 5) is 23.9. The van der Waals surface area contributed by atoms with Crippen LogP contribution < -0.4 is 5.32 Å². The zero-order chi connectivity index (χ0) is 21.7. The third-order valence-electron chi connectivity index (χ3n) is 4.90. The smallest absolute Gasteiger partial charge is 0.217 e. The monoisotopic (exact) mass is 422 g/mol. The summed E-state index contributed by atoms with van der Waals surface area (Å²) in [7, 11) is 0. The van der Waals surface area contributed by atoms with Crippen molar-refractivity contribution in [1.82, 2.24) is 20.1 Å². The van der Waals surface area contributed by atoms with Crippen LogP contribution in [0.5, 0.6) is 0 Å². The Morgan fingerprint density at radius 1 is 1.10 bits per heavy atom. The van der Waals surface area contributed by atoms with Crippen molar-refractivity contribution in [3.05, 3.63) is 65.2 Å². The maximum absolute atomic E-state index is 12.7. The molecule has 1 heterocycles. The summed E-state index contributed by atoms with van der Waals surface area (Å²) in [6.45, 7) is 8.23. The number of hydrogen-bond acceptors (Lipinski definition) is 5. The third-order valence-corrected chi connectivity index (χ3v) is 5.87. The van der Waals surface area contributed by atoms with Crippen LogP contribution in [0.1, 0.15) is 48.3 Å². The highest BCUT2D eigenvalue weighted by molar-refractivity contribution is 7.99. The Kier molecular flexibility index (Phi) is 7.05. The fourth-order valence-corrected chi connectivity index (χ4v) is 4.16. The van der Waals surface area contributed by atoms with Crippen LogP contribution in [0.4, 0.5) is 0 Å². The van der Waals surface area contributed by atoms with Gasteiger partial charge in [-0.1, -0.05) is 60.3 Å². The first kappa shape index (κ1) is 21.8. The van der Waals surface area contributed by atoms with Gasteiger partial charge in [-0.3, -0.25) is 9.59 Å². The molecule has 0 saturated heterocycles. The van der Waals surface area contributed by atoms with Crippen molar-refractivity contribution in [2.24, 2.45) is 0 Å². The van der Waals surface area contributed by atoms with E-state index < -0.39 is 0 Å². The van der Waals surface area contributed by atoms with Crippen LogP contribution in [0.2, 0.25) is 0 Å². The minimum atomic E-state index is -0.0935. The molecule has 0 aliphatic heterocycles. The van der Waals surface area contributed by atoms with Gasteiger partial charge in [0, 0.05) is 24.6 Å². The summed E-state index contributed by atoms with van der Waals surface area (Å²) in [6, 6.07) is 15.4. The molecule has 1 N–H and O–H groups in total. The van der Waals surface area contributed by atoms with Gasteiger partial charge in [0.15, 0.2) is 16.8 Å². The summed E-state index contributed by atoms with van der Waals surface area (Å²) >= 11 is 1.40. The predicted octanol–water partition coefficient (Wildman–Crippen LogP) is 4.45. The molecule has 0 unspecified atom stereocenters. The van der Waals surface area contributed by atoms with Crippen molar-refractivity contribution in [1.29, 1.82) is 0 Å². The van der Waals surface area contributed by atoms with Gasteiger partial charge in [0.1, 0.15) is 0 Å². The van der Waals surface area contributed by atoms with E-state index in [1.165, 1.54) is 18.7 Å². The first-order valence-electron chi connectivity index (χ1n) is 9.93. The molecule has 30 heavy (non-hydrogen) atoms. The number of amides is 1. The second-order valence-electron chi connectivity index (χ2n) is 7.12. The van der Waals surface area contributed by atoms with Gasteiger partial charge in [0.25, 0.3) is 0 Å². The minimum absolute atomic E-state index is 0.0295. The lowest BCUT2D eigenvalue weighted by atomic mass is 10.0. The number of nitrogens with zero attached hydrogens (tertiary/aromatic N) is 3. The van der Waals surface area contributed by atoms with E-state index in [1.54, 1.807) is 12.1 Å². The summed E-state index contributed by atoms with van der Waals surface area (Å²) in [5.41, 5.74) is 3.79. The number of aryl methyl sites for hydroxylation is 1. The summed E-state index contributed by atoms with van der Waals surface area (Å²) in [6.07, 6.45) is 0.